The van der Waals surface area contributed by atoms with Gasteiger partial charge in [0.1, 0.15) is 23.1 Å². The van der Waals surface area contributed by atoms with Crippen LogP contribution in [0.5, 0.6) is 0 Å². The van der Waals surface area contributed by atoms with E-state index >= 15 is 0 Å². The number of para-hydroxylation sites is 1. The minimum Gasteiger partial charge on any atom is -0.362 e. The third-order valence-corrected chi connectivity index (χ3v) is 5.43. The van der Waals surface area contributed by atoms with Gasteiger partial charge < -0.3 is 10.6 Å². The highest BCUT2D eigenvalue weighted by Gasteiger charge is 2.38. The average molecular weight is 412 g/mol. The molecule has 1 amide bonds. The van der Waals surface area contributed by atoms with E-state index in [1.165, 1.54) is 30.3 Å². The second-order valence-corrected chi connectivity index (χ2v) is 7.37. The van der Waals surface area contributed by atoms with Crippen LogP contribution in [-0.4, -0.2) is 11.7 Å². The molecular formula is C23H19F3N2O2. The number of halogens is 3. The maximum atomic E-state index is 14.1. The Morgan fingerprint density at radius 2 is 1.70 bits per heavy atom. The highest BCUT2D eigenvalue weighted by molar-refractivity contribution is 6.09. The van der Waals surface area contributed by atoms with Crippen molar-refractivity contribution in [2.45, 2.75) is 32.1 Å². The lowest BCUT2D eigenvalue weighted by Crippen LogP contribution is -2.35. The number of ketones is 1. The summed E-state index contributed by atoms with van der Waals surface area (Å²) in [6, 6.07) is 8.83. The number of anilines is 1. The summed E-state index contributed by atoms with van der Waals surface area (Å²) in [6.45, 7) is 1.67. The van der Waals surface area contributed by atoms with Crippen LogP contribution in [0.3, 0.4) is 0 Å². The number of benzene rings is 2. The Labute approximate surface area is 171 Å². The SMILES string of the molecule is CC1=C(C(=O)Nc2c(F)cccc2F)C(c2ccc(F)cc2)C2=C(CCCC2=O)N1. The normalized spacial score (nSPS) is 18.8. The Balaban J connectivity index is 1.81. The van der Waals surface area contributed by atoms with E-state index in [4.69, 9.17) is 0 Å². The van der Waals surface area contributed by atoms with Crippen LogP contribution in [0, 0.1) is 17.5 Å². The van der Waals surface area contributed by atoms with E-state index in [1.54, 1.807) is 6.92 Å². The number of hydrogen-bond acceptors (Lipinski definition) is 3. The Morgan fingerprint density at radius 3 is 2.37 bits per heavy atom. The molecule has 0 radical (unpaired) electrons. The zero-order chi connectivity index (χ0) is 21.4. The van der Waals surface area contributed by atoms with Gasteiger partial charge in [-0.25, -0.2) is 13.2 Å². The number of Topliss-reactive ketones (excluding diaryl/α,β-unsaturated/α-hetero) is 1. The molecule has 4 nitrogen and oxygen atoms in total. The summed E-state index contributed by atoms with van der Waals surface area (Å²) in [5.41, 5.74) is 1.81. The van der Waals surface area contributed by atoms with Crippen molar-refractivity contribution in [1.29, 1.82) is 0 Å². The highest BCUT2D eigenvalue weighted by atomic mass is 19.1. The molecule has 30 heavy (non-hydrogen) atoms. The summed E-state index contributed by atoms with van der Waals surface area (Å²) in [4.78, 5) is 25.9. The van der Waals surface area contributed by atoms with Gasteiger partial charge >= 0.3 is 0 Å². The van der Waals surface area contributed by atoms with Crippen molar-refractivity contribution in [2.75, 3.05) is 5.32 Å². The smallest absolute Gasteiger partial charge is 0.254 e. The molecule has 154 valence electrons. The van der Waals surface area contributed by atoms with Gasteiger partial charge in [0.15, 0.2) is 5.78 Å². The zero-order valence-electron chi connectivity index (χ0n) is 16.2. The standard InChI is InChI=1S/C23H19F3N2O2/c1-12-19(23(30)28-22-15(25)4-2-5-16(22)26)20(13-8-10-14(24)11-9-13)21-17(27-12)6-3-7-18(21)29/h2,4-5,8-11,20,27H,3,6-7H2,1H3,(H,28,30). The lowest BCUT2D eigenvalue weighted by Gasteiger charge is -2.34. The van der Waals surface area contributed by atoms with Crippen LogP contribution < -0.4 is 10.6 Å². The van der Waals surface area contributed by atoms with Crippen LogP contribution in [0.15, 0.2) is 65.0 Å². The predicted molar refractivity (Wildman–Crippen MR) is 106 cm³/mol. The van der Waals surface area contributed by atoms with Gasteiger partial charge in [-0.15, -0.1) is 0 Å². The van der Waals surface area contributed by atoms with Crippen molar-refractivity contribution in [3.05, 3.63) is 88.0 Å². The van der Waals surface area contributed by atoms with Gasteiger partial charge in [0.2, 0.25) is 0 Å². The molecule has 0 spiro atoms. The van der Waals surface area contributed by atoms with Gasteiger partial charge in [0, 0.05) is 34.9 Å². The van der Waals surface area contributed by atoms with Crippen LogP contribution >= 0.6 is 0 Å². The number of hydrogen-bond donors (Lipinski definition) is 2. The number of carbonyl (C=O) groups is 2. The topological polar surface area (TPSA) is 58.2 Å². The second-order valence-electron chi connectivity index (χ2n) is 7.37. The number of amides is 1. The van der Waals surface area contributed by atoms with Crippen molar-refractivity contribution >= 4 is 17.4 Å². The first-order chi connectivity index (χ1) is 14.4. The predicted octanol–water partition coefficient (Wildman–Crippen LogP) is 4.71. The summed E-state index contributed by atoms with van der Waals surface area (Å²) in [7, 11) is 0. The summed E-state index contributed by atoms with van der Waals surface area (Å²) < 4.78 is 41.7. The van der Waals surface area contributed by atoms with Crippen molar-refractivity contribution in [2.24, 2.45) is 0 Å². The first-order valence-electron chi connectivity index (χ1n) is 9.61. The zero-order valence-corrected chi connectivity index (χ0v) is 16.2. The third-order valence-electron chi connectivity index (χ3n) is 5.43. The van der Waals surface area contributed by atoms with Crippen molar-refractivity contribution < 1.29 is 22.8 Å². The molecule has 1 aliphatic carbocycles. The van der Waals surface area contributed by atoms with Crippen LogP contribution in [0.1, 0.15) is 37.7 Å². The first kappa shape index (κ1) is 19.9. The molecule has 0 saturated carbocycles. The van der Waals surface area contributed by atoms with Crippen LogP contribution in [-0.2, 0) is 9.59 Å². The van der Waals surface area contributed by atoms with E-state index < -0.39 is 35.0 Å². The Bertz CT molecular complexity index is 1080. The minimum absolute atomic E-state index is 0.104. The fourth-order valence-corrected chi connectivity index (χ4v) is 4.07. The number of allylic oxidation sites excluding steroid dienone is 3. The molecule has 2 aliphatic rings. The average Bonchev–Trinajstić information content (AvgIpc) is 2.70. The van der Waals surface area contributed by atoms with Gasteiger partial charge in [0.25, 0.3) is 5.91 Å². The van der Waals surface area contributed by atoms with E-state index in [-0.39, 0.29) is 11.4 Å². The van der Waals surface area contributed by atoms with Gasteiger partial charge in [-0.2, -0.15) is 0 Å². The van der Waals surface area contributed by atoms with E-state index in [2.05, 4.69) is 10.6 Å². The van der Waals surface area contributed by atoms with Gasteiger partial charge in [0.05, 0.1) is 0 Å². The third kappa shape index (κ3) is 3.51. The molecule has 7 heteroatoms. The molecule has 1 heterocycles. The lowest BCUT2D eigenvalue weighted by atomic mass is 9.75. The second kappa shape index (κ2) is 7.82. The van der Waals surface area contributed by atoms with Crippen LogP contribution in [0.4, 0.5) is 18.9 Å². The Kier molecular flexibility index (Phi) is 5.20. The van der Waals surface area contributed by atoms with Crippen molar-refractivity contribution in [1.82, 2.24) is 5.32 Å². The van der Waals surface area contributed by atoms with Crippen molar-refractivity contribution in [3.8, 4) is 0 Å². The van der Waals surface area contributed by atoms with Gasteiger partial charge in [-0.3, -0.25) is 9.59 Å². The highest BCUT2D eigenvalue weighted by Crippen LogP contribution is 2.42. The summed E-state index contributed by atoms with van der Waals surface area (Å²) in [5, 5.41) is 5.43. The molecule has 1 unspecified atom stereocenters. The summed E-state index contributed by atoms with van der Waals surface area (Å²) >= 11 is 0. The van der Waals surface area contributed by atoms with E-state index in [1.807, 2.05) is 0 Å². The number of dihydropyridines is 1. The van der Waals surface area contributed by atoms with Crippen molar-refractivity contribution in [3.63, 3.8) is 0 Å². The molecule has 2 N–H and O–H groups in total. The molecule has 1 aliphatic heterocycles. The van der Waals surface area contributed by atoms with Gasteiger partial charge in [-0.1, -0.05) is 18.2 Å². The summed E-state index contributed by atoms with van der Waals surface area (Å²) in [5.74, 6) is -3.85. The molecule has 0 fully saturated rings. The molecule has 2 aromatic carbocycles. The van der Waals surface area contributed by atoms with E-state index in [9.17, 15) is 22.8 Å². The Morgan fingerprint density at radius 1 is 1.03 bits per heavy atom. The molecule has 1 atom stereocenters. The van der Waals surface area contributed by atoms with Gasteiger partial charge in [-0.05, 0) is 49.6 Å². The molecule has 2 aromatic rings. The quantitative estimate of drug-likeness (QED) is 0.768. The maximum absolute atomic E-state index is 14.1. The van der Waals surface area contributed by atoms with E-state index in [0.717, 1.165) is 17.8 Å². The van der Waals surface area contributed by atoms with E-state index in [0.29, 0.717) is 36.1 Å². The molecular weight excluding hydrogens is 393 g/mol. The Hall–Kier alpha value is -3.35. The molecule has 0 bridgehead atoms. The summed E-state index contributed by atoms with van der Waals surface area (Å²) in [6.07, 6.45) is 1.68. The minimum atomic E-state index is -0.905. The number of carbonyl (C=O) groups excluding carboxylic acids is 2. The van der Waals surface area contributed by atoms with Crippen LogP contribution in [0.2, 0.25) is 0 Å². The number of nitrogens with one attached hydrogen (secondary N) is 2. The monoisotopic (exact) mass is 412 g/mol. The van der Waals surface area contributed by atoms with Crippen LogP contribution in [0.25, 0.3) is 0 Å². The fourth-order valence-electron chi connectivity index (χ4n) is 4.07. The largest absolute Gasteiger partial charge is 0.362 e. The molecule has 0 aromatic heterocycles. The number of rotatable bonds is 3. The molecule has 0 saturated heterocycles. The lowest BCUT2D eigenvalue weighted by molar-refractivity contribution is -0.116. The fraction of sp³-hybridized carbons (Fsp3) is 0.217. The molecule has 4 rings (SSSR count). The first-order valence-corrected chi connectivity index (χ1v) is 9.61. The maximum Gasteiger partial charge on any atom is 0.254 e.